The zero-order chi connectivity index (χ0) is 19.7. The molecular weight excluding hydrogens is 465 g/mol. The van der Waals surface area contributed by atoms with Crippen LogP contribution in [0.25, 0.3) is 16.5 Å². The largest absolute Gasteiger partial charge is 4.00 e. The summed E-state index contributed by atoms with van der Waals surface area (Å²) in [5.74, 6) is -0.281. The smallest absolute Gasteiger partial charge is 1.00 e. The summed E-state index contributed by atoms with van der Waals surface area (Å²) in [6.07, 6.45) is 13.5. The van der Waals surface area contributed by atoms with Gasteiger partial charge in [-0.2, -0.15) is 17.5 Å². The number of halogens is 2. The third-order valence-corrected chi connectivity index (χ3v) is 5.02. The number of benzene rings is 1. The maximum atomic E-state index is 11.1. The number of nitrogens with one attached hydrogen (secondary N) is 1. The predicted octanol–water partition coefficient (Wildman–Crippen LogP) is 1.84. The standard InChI is InChI=1S/C13H25NO.C9H7.C2H6Si.2ClH.Ti/c14-13(15)12-10-8-6-4-2-1-3-5-7-9-11-12;1-2-5-9-7-3-6-8(9)4-1;1-3-2;;;/h12H,1-11H2,(H2,14,15);1-7H;1-2H3;2*1H;/q;-1;;;;+4/p-3. The second-order valence-corrected chi connectivity index (χ2v) is 8.48. The summed E-state index contributed by atoms with van der Waals surface area (Å²) >= 11 is 0. The van der Waals surface area contributed by atoms with Gasteiger partial charge in [-0.1, -0.05) is 76.9 Å². The van der Waals surface area contributed by atoms with Gasteiger partial charge in [0.25, 0.3) is 0 Å². The van der Waals surface area contributed by atoms with Crippen molar-refractivity contribution in [3.8, 4) is 0 Å². The first kappa shape index (κ1) is 34.4. The molecule has 0 saturated heterocycles. The van der Waals surface area contributed by atoms with Gasteiger partial charge in [0.05, 0.1) is 5.91 Å². The van der Waals surface area contributed by atoms with Crippen molar-refractivity contribution in [3.05, 3.63) is 48.2 Å². The normalized spacial score (nSPS) is 15.0. The summed E-state index contributed by atoms with van der Waals surface area (Å²) in [5.41, 5.74) is 7.23. The van der Waals surface area contributed by atoms with Crippen LogP contribution >= 0.6 is 0 Å². The van der Waals surface area contributed by atoms with Gasteiger partial charge in [0, 0.05) is 15.4 Å². The SMILES string of the molecule is C[Si]C.[Cl-].[Cl-].[NH-]C(=O)C1CCCCCCCCCCC1.[Ti+4].c1ccc2[cH-]ccc2c1. The van der Waals surface area contributed by atoms with Crippen LogP contribution in [0.1, 0.15) is 70.6 Å². The van der Waals surface area contributed by atoms with E-state index < -0.39 is 0 Å². The Morgan fingerprint density at radius 1 is 0.867 bits per heavy atom. The molecule has 2 radical (unpaired) electrons. The fraction of sp³-hybridized carbons (Fsp3) is 0.583. The molecule has 1 fully saturated rings. The molecule has 0 bridgehead atoms. The van der Waals surface area contributed by atoms with E-state index in [1.54, 1.807) is 0 Å². The van der Waals surface area contributed by atoms with Gasteiger partial charge in [-0.05, 0) is 12.8 Å². The van der Waals surface area contributed by atoms with Gasteiger partial charge >= 0.3 is 21.7 Å². The van der Waals surface area contributed by atoms with Crippen molar-refractivity contribution in [3.63, 3.8) is 0 Å². The van der Waals surface area contributed by atoms with E-state index in [1.807, 2.05) is 0 Å². The van der Waals surface area contributed by atoms with Gasteiger partial charge in [-0.3, -0.25) is 0 Å². The van der Waals surface area contributed by atoms with Crippen LogP contribution in [0.5, 0.6) is 0 Å². The van der Waals surface area contributed by atoms with Crippen molar-refractivity contribution in [2.75, 3.05) is 0 Å². The summed E-state index contributed by atoms with van der Waals surface area (Å²) in [6.45, 7) is 4.31. The summed E-state index contributed by atoms with van der Waals surface area (Å²) in [4.78, 5) is 11.1. The van der Waals surface area contributed by atoms with Crippen LogP contribution in [0, 0.1) is 5.92 Å². The van der Waals surface area contributed by atoms with Gasteiger partial charge in [0.2, 0.25) is 0 Å². The average molecular weight is 502 g/mol. The average Bonchev–Trinajstić information content (AvgIpc) is 3.12. The Morgan fingerprint density at radius 3 is 1.73 bits per heavy atom. The first-order valence-corrected chi connectivity index (χ1v) is 12.6. The van der Waals surface area contributed by atoms with Crippen molar-refractivity contribution >= 4 is 26.2 Å². The first-order valence-electron chi connectivity index (χ1n) is 10.6. The Balaban J connectivity index is -0.000000419. The number of amides is 1. The fourth-order valence-electron chi connectivity index (χ4n) is 3.50. The molecule has 1 amide bonds. The van der Waals surface area contributed by atoms with Crippen LogP contribution in [0.4, 0.5) is 0 Å². The van der Waals surface area contributed by atoms with Crippen molar-refractivity contribution < 1.29 is 51.3 Å². The summed E-state index contributed by atoms with van der Waals surface area (Å²) in [7, 11) is 1.08. The number of carbonyl (C=O) groups excluding carboxylic acids is 1. The molecule has 1 aliphatic rings. The number of fused-ring (bicyclic) bond motifs is 1. The Bertz CT molecular complexity index is 582. The maximum Gasteiger partial charge on any atom is 4.00 e. The molecule has 3 rings (SSSR count). The molecule has 0 atom stereocenters. The topological polar surface area (TPSA) is 40.9 Å². The molecule has 0 aliphatic heterocycles. The third-order valence-electron chi connectivity index (χ3n) is 5.02. The van der Waals surface area contributed by atoms with Crippen LogP contribution in [0.2, 0.25) is 13.1 Å². The minimum atomic E-state index is -0.327. The van der Waals surface area contributed by atoms with Crippen LogP contribution in [-0.4, -0.2) is 15.4 Å². The molecule has 0 unspecified atom stereocenters. The Morgan fingerprint density at radius 2 is 1.30 bits per heavy atom. The summed E-state index contributed by atoms with van der Waals surface area (Å²) in [6, 6.07) is 14.7. The van der Waals surface area contributed by atoms with Gasteiger partial charge in [-0.15, -0.1) is 29.7 Å². The van der Waals surface area contributed by atoms with Crippen LogP contribution < -0.4 is 24.8 Å². The molecule has 1 N–H and O–H groups in total. The van der Waals surface area contributed by atoms with Crippen LogP contribution in [0.3, 0.4) is 0 Å². The second kappa shape index (κ2) is 23.5. The molecule has 2 aromatic rings. The molecule has 0 aromatic heterocycles. The minimum Gasteiger partial charge on any atom is -1.00 e. The zero-order valence-corrected chi connectivity index (χ0v) is 22.6. The number of hydrogen-bond acceptors (Lipinski definition) is 1. The van der Waals surface area contributed by atoms with Crippen LogP contribution in [0.15, 0.2) is 42.5 Å². The van der Waals surface area contributed by atoms with Crippen LogP contribution in [-0.2, 0) is 26.5 Å². The Hall–Kier alpha value is -0.189. The molecule has 6 heteroatoms. The van der Waals surface area contributed by atoms with Crippen molar-refractivity contribution in [1.82, 2.24) is 0 Å². The molecule has 166 valence electrons. The molecule has 1 aliphatic carbocycles. The predicted molar refractivity (Wildman–Crippen MR) is 121 cm³/mol. The molecule has 30 heavy (non-hydrogen) atoms. The van der Waals surface area contributed by atoms with E-state index in [2.05, 4.69) is 55.6 Å². The van der Waals surface area contributed by atoms with Crippen molar-refractivity contribution in [2.45, 2.75) is 83.7 Å². The molecule has 2 nitrogen and oxygen atoms in total. The fourth-order valence-corrected chi connectivity index (χ4v) is 3.50. The number of carbonyl (C=O) groups is 1. The van der Waals surface area contributed by atoms with E-state index in [0.717, 1.165) is 35.2 Å². The minimum absolute atomic E-state index is 0. The quantitative estimate of drug-likeness (QED) is 0.434. The maximum absolute atomic E-state index is 11.1. The Kier molecular flexibility index (Phi) is 26.9. The number of hydrogen-bond donors (Lipinski definition) is 0. The summed E-state index contributed by atoms with van der Waals surface area (Å²) in [5, 5.41) is 2.66. The summed E-state index contributed by atoms with van der Waals surface area (Å²) < 4.78 is 0. The monoisotopic (exact) mass is 501 g/mol. The second-order valence-electron chi connectivity index (χ2n) is 7.48. The van der Waals surface area contributed by atoms with Gasteiger partial charge in [-0.25, -0.2) is 0 Å². The van der Waals surface area contributed by atoms with Gasteiger partial charge < -0.3 is 35.3 Å². The molecule has 0 spiro atoms. The molecule has 2 aromatic carbocycles. The third kappa shape index (κ3) is 16.5. The zero-order valence-electron chi connectivity index (χ0n) is 18.6. The van der Waals surface area contributed by atoms with Gasteiger partial charge in [0.1, 0.15) is 0 Å². The Labute approximate surface area is 214 Å². The van der Waals surface area contributed by atoms with Crippen molar-refractivity contribution in [2.24, 2.45) is 5.92 Å². The van der Waals surface area contributed by atoms with E-state index in [4.69, 9.17) is 5.73 Å². The van der Waals surface area contributed by atoms with Crippen molar-refractivity contribution in [1.29, 1.82) is 0 Å². The molecular formula is C24H37Cl2NOSiTi. The van der Waals surface area contributed by atoms with E-state index in [-0.39, 0.29) is 58.4 Å². The van der Waals surface area contributed by atoms with E-state index in [0.29, 0.717) is 0 Å². The molecule has 1 saturated carbocycles. The van der Waals surface area contributed by atoms with E-state index in [1.165, 1.54) is 55.7 Å². The molecule has 0 heterocycles. The van der Waals surface area contributed by atoms with E-state index >= 15 is 0 Å². The number of rotatable bonds is 1. The van der Waals surface area contributed by atoms with E-state index in [9.17, 15) is 4.79 Å². The first-order chi connectivity index (χ1) is 13.2. The van der Waals surface area contributed by atoms with Gasteiger partial charge in [0.15, 0.2) is 0 Å².